The first-order chi connectivity index (χ1) is 20.4. The van der Waals surface area contributed by atoms with E-state index in [1.165, 1.54) is 0 Å². The number of H-pyrrole nitrogens is 1. The van der Waals surface area contributed by atoms with Gasteiger partial charge in [0, 0.05) is 24.7 Å². The van der Waals surface area contributed by atoms with E-state index in [-0.39, 0.29) is 29.7 Å². The van der Waals surface area contributed by atoms with Gasteiger partial charge < -0.3 is 25.4 Å². The molecule has 218 valence electrons. The van der Waals surface area contributed by atoms with Crippen LogP contribution in [0.25, 0.3) is 22.4 Å². The lowest BCUT2D eigenvalue weighted by molar-refractivity contribution is -0.137. The van der Waals surface area contributed by atoms with Crippen molar-refractivity contribution in [2.75, 3.05) is 18.4 Å². The molecule has 3 aromatic rings. The Labute approximate surface area is 244 Å². The van der Waals surface area contributed by atoms with E-state index in [0.29, 0.717) is 25.2 Å². The molecule has 6 rings (SSSR count). The summed E-state index contributed by atoms with van der Waals surface area (Å²) in [5.74, 6) is 0.576. The van der Waals surface area contributed by atoms with Crippen molar-refractivity contribution in [3.63, 3.8) is 0 Å². The van der Waals surface area contributed by atoms with Crippen LogP contribution in [0.5, 0.6) is 0 Å². The molecule has 3 heterocycles. The first-order valence-corrected chi connectivity index (χ1v) is 14.8. The van der Waals surface area contributed by atoms with Crippen LogP contribution in [0.15, 0.2) is 54.7 Å². The van der Waals surface area contributed by atoms with Gasteiger partial charge in [-0.15, -0.1) is 0 Å². The summed E-state index contributed by atoms with van der Waals surface area (Å²) in [6.45, 7) is 3.03. The molecule has 0 radical (unpaired) electrons. The lowest BCUT2D eigenvalue weighted by Crippen LogP contribution is -2.47. The number of benzene rings is 2. The Morgan fingerprint density at radius 2 is 1.57 bits per heavy atom. The molecule has 3 atom stereocenters. The van der Waals surface area contributed by atoms with Crippen molar-refractivity contribution in [2.24, 2.45) is 5.92 Å². The molecule has 2 aromatic carbocycles. The topological polar surface area (TPSA) is 128 Å². The number of nitrogens with zero attached hydrogens (tertiary/aromatic N) is 3. The maximum Gasteiger partial charge on any atom is 0.247 e. The number of likely N-dealkylation sites (tertiary alicyclic amines) is 2. The highest BCUT2D eigenvalue weighted by Gasteiger charge is 2.37. The third-order valence-electron chi connectivity index (χ3n) is 8.54. The molecule has 3 unspecified atom stereocenters. The van der Waals surface area contributed by atoms with Gasteiger partial charge in [0.25, 0.3) is 0 Å². The molecule has 4 amide bonds. The SMILES string of the molecule is CC(NC(=O)C1CC1)C(=O)N1CCCC1c1ncc(-c2ccc(-c3ccc(NC(=O)C4CCCN4C=O)cc3)cc2)[nH]1. The zero-order valence-electron chi connectivity index (χ0n) is 23.7. The minimum Gasteiger partial charge on any atom is -0.344 e. The summed E-state index contributed by atoms with van der Waals surface area (Å²) in [7, 11) is 0. The summed E-state index contributed by atoms with van der Waals surface area (Å²) in [4.78, 5) is 60.5. The second kappa shape index (κ2) is 11.8. The molecule has 0 spiro atoms. The Morgan fingerprint density at radius 1 is 0.905 bits per heavy atom. The molecule has 1 saturated carbocycles. The van der Waals surface area contributed by atoms with Crippen molar-refractivity contribution >= 4 is 29.8 Å². The van der Waals surface area contributed by atoms with Crippen LogP contribution in [0.3, 0.4) is 0 Å². The summed E-state index contributed by atoms with van der Waals surface area (Å²) in [6.07, 6.45) is 7.61. The molecule has 10 nitrogen and oxygen atoms in total. The first kappa shape index (κ1) is 27.7. The molecule has 42 heavy (non-hydrogen) atoms. The number of carbonyl (C=O) groups is 4. The van der Waals surface area contributed by atoms with E-state index in [0.717, 1.165) is 66.7 Å². The van der Waals surface area contributed by atoms with Gasteiger partial charge in [-0.25, -0.2) is 4.98 Å². The number of aromatic nitrogens is 2. The predicted octanol–water partition coefficient (Wildman–Crippen LogP) is 3.88. The summed E-state index contributed by atoms with van der Waals surface area (Å²) >= 11 is 0. The Hall–Kier alpha value is -4.47. The van der Waals surface area contributed by atoms with Gasteiger partial charge >= 0.3 is 0 Å². The van der Waals surface area contributed by atoms with Crippen LogP contribution in [0, 0.1) is 5.92 Å². The van der Waals surface area contributed by atoms with Crippen molar-refractivity contribution in [1.29, 1.82) is 0 Å². The second-order valence-corrected chi connectivity index (χ2v) is 11.5. The average molecular weight is 569 g/mol. The second-order valence-electron chi connectivity index (χ2n) is 11.5. The number of aromatic amines is 1. The van der Waals surface area contributed by atoms with Gasteiger partial charge in [0.1, 0.15) is 17.9 Å². The summed E-state index contributed by atoms with van der Waals surface area (Å²) in [6, 6.07) is 14.7. The number of hydrogen-bond donors (Lipinski definition) is 3. The van der Waals surface area contributed by atoms with Gasteiger partial charge in [0.15, 0.2) is 0 Å². The average Bonchev–Trinajstić information content (AvgIpc) is 3.37. The normalized spacial score (nSPS) is 20.8. The Bertz CT molecular complexity index is 1460. The van der Waals surface area contributed by atoms with Crippen LogP contribution < -0.4 is 10.6 Å². The number of rotatable bonds is 9. The van der Waals surface area contributed by atoms with E-state index in [4.69, 9.17) is 0 Å². The number of hydrogen-bond acceptors (Lipinski definition) is 5. The lowest BCUT2D eigenvalue weighted by Gasteiger charge is -2.26. The van der Waals surface area contributed by atoms with Crippen LogP contribution in [0.1, 0.15) is 57.3 Å². The van der Waals surface area contributed by atoms with Crippen LogP contribution >= 0.6 is 0 Å². The largest absolute Gasteiger partial charge is 0.344 e. The molecule has 2 aliphatic heterocycles. The van der Waals surface area contributed by atoms with Crippen LogP contribution in [0.4, 0.5) is 5.69 Å². The maximum absolute atomic E-state index is 13.2. The van der Waals surface area contributed by atoms with Gasteiger partial charge in [-0.1, -0.05) is 36.4 Å². The zero-order valence-corrected chi connectivity index (χ0v) is 23.7. The Balaban J connectivity index is 1.08. The number of amides is 4. The first-order valence-electron chi connectivity index (χ1n) is 14.8. The molecule has 1 aliphatic carbocycles. The van der Waals surface area contributed by atoms with Crippen molar-refractivity contribution in [3.8, 4) is 22.4 Å². The van der Waals surface area contributed by atoms with Gasteiger partial charge in [0.2, 0.25) is 24.1 Å². The molecule has 1 aromatic heterocycles. The molecule has 3 fully saturated rings. The molecule has 0 bridgehead atoms. The van der Waals surface area contributed by atoms with E-state index in [1.54, 1.807) is 18.0 Å². The third-order valence-corrected chi connectivity index (χ3v) is 8.54. The summed E-state index contributed by atoms with van der Waals surface area (Å²) < 4.78 is 0. The molecular formula is C32H36N6O4. The molecule has 2 saturated heterocycles. The van der Waals surface area contributed by atoms with E-state index >= 15 is 0 Å². The minimum atomic E-state index is -0.550. The van der Waals surface area contributed by atoms with E-state index < -0.39 is 12.1 Å². The zero-order chi connectivity index (χ0) is 29.2. The van der Waals surface area contributed by atoms with E-state index in [9.17, 15) is 19.2 Å². The fourth-order valence-electron chi connectivity index (χ4n) is 5.97. The summed E-state index contributed by atoms with van der Waals surface area (Å²) in [5, 5.41) is 5.79. The summed E-state index contributed by atoms with van der Waals surface area (Å²) in [5.41, 5.74) is 4.61. The highest BCUT2D eigenvalue weighted by atomic mass is 16.2. The fraction of sp³-hybridized carbons (Fsp3) is 0.406. The third kappa shape index (κ3) is 5.79. The molecular weight excluding hydrogens is 532 g/mol. The van der Waals surface area contributed by atoms with E-state index in [1.807, 2.05) is 53.4 Å². The number of imidazole rings is 1. The van der Waals surface area contributed by atoms with E-state index in [2.05, 4.69) is 20.6 Å². The lowest BCUT2D eigenvalue weighted by atomic mass is 10.0. The van der Waals surface area contributed by atoms with Crippen molar-refractivity contribution in [1.82, 2.24) is 25.1 Å². The highest BCUT2D eigenvalue weighted by Crippen LogP contribution is 2.33. The minimum absolute atomic E-state index is 0.0236. The number of carbonyl (C=O) groups excluding carboxylic acids is 4. The maximum atomic E-state index is 13.2. The fourth-order valence-corrected chi connectivity index (χ4v) is 5.97. The van der Waals surface area contributed by atoms with Gasteiger partial charge in [-0.05, 0) is 74.3 Å². The van der Waals surface area contributed by atoms with Gasteiger partial charge in [-0.2, -0.15) is 0 Å². The molecule has 3 N–H and O–H groups in total. The smallest absolute Gasteiger partial charge is 0.247 e. The van der Waals surface area contributed by atoms with Crippen molar-refractivity contribution < 1.29 is 19.2 Å². The monoisotopic (exact) mass is 568 g/mol. The quantitative estimate of drug-likeness (QED) is 0.338. The Kier molecular flexibility index (Phi) is 7.78. The number of anilines is 1. The van der Waals surface area contributed by atoms with Crippen LogP contribution in [-0.2, 0) is 19.2 Å². The van der Waals surface area contributed by atoms with Gasteiger partial charge in [0.05, 0.1) is 17.9 Å². The predicted molar refractivity (Wildman–Crippen MR) is 158 cm³/mol. The number of nitrogens with one attached hydrogen (secondary N) is 3. The molecule has 3 aliphatic rings. The van der Waals surface area contributed by atoms with Crippen LogP contribution in [0.2, 0.25) is 0 Å². The van der Waals surface area contributed by atoms with Crippen LogP contribution in [-0.4, -0.2) is 69.1 Å². The van der Waals surface area contributed by atoms with Gasteiger partial charge in [-0.3, -0.25) is 19.2 Å². The van der Waals surface area contributed by atoms with Crippen molar-refractivity contribution in [2.45, 2.75) is 63.6 Å². The highest BCUT2D eigenvalue weighted by molar-refractivity contribution is 5.96. The molecule has 10 heteroatoms. The Morgan fingerprint density at radius 3 is 2.26 bits per heavy atom. The van der Waals surface area contributed by atoms with Crippen molar-refractivity contribution in [3.05, 3.63) is 60.6 Å². The standard InChI is InChI=1S/C32H36N6O4/c1-20(34-30(40)24-10-11-24)32(42)38-17-3-4-27(38)29-33-18-26(36-29)23-8-6-21(7-9-23)22-12-14-25(15-13-22)35-31(41)28-5-2-16-37(28)19-39/h6-9,12-15,18-20,24,27-28H,2-5,10-11,16-17H2,1H3,(H,33,36)(H,34,40)(H,35,41).